The molecule has 0 radical (unpaired) electrons. The van der Waals surface area contributed by atoms with Crippen molar-refractivity contribution in [1.29, 1.82) is 0 Å². The number of carbonyl (C=O) groups excluding carboxylic acids is 2. The average Bonchev–Trinajstić information content (AvgIpc) is 2.35. The maximum absolute atomic E-state index is 13.3. The Bertz CT molecular complexity index is 471. The number of halogens is 2. The van der Waals surface area contributed by atoms with Gasteiger partial charge in [-0.05, 0) is 0 Å². The van der Waals surface area contributed by atoms with Crippen molar-refractivity contribution >= 4 is 17.5 Å². The number of benzene rings is 1. The smallest absolute Gasteiger partial charge is 0.243 e. The van der Waals surface area contributed by atoms with Crippen LogP contribution in [0.25, 0.3) is 0 Å². The predicted molar refractivity (Wildman–Crippen MR) is 63.6 cm³/mol. The zero-order valence-electron chi connectivity index (χ0n) is 10.1. The minimum atomic E-state index is -0.941. The topological polar surface area (TPSA) is 93.5 Å². The van der Waals surface area contributed by atoms with Crippen LogP contribution in [0.1, 0.15) is 0 Å². The van der Waals surface area contributed by atoms with Gasteiger partial charge in [-0.15, -0.1) is 0 Å². The van der Waals surface area contributed by atoms with Crippen LogP contribution in [0.2, 0.25) is 0 Å². The van der Waals surface area contributed by atoms with Crippen LogP contribution < -0.4 is 21.1 Å². The molecule has 0 fully saturated rings. The van der Waals surface area contributed by atoms with Gasteiger partial charge in [0.2, 0.25) is 11.8 Å². The Labute approximate surface area is 107 Å². The number of ether oxygens (including phenoxy) is 1. The average molecular weight is 273 g/mol. The fourth-order valence-electron chi connectivity index (χ4n) is 1.28. The van der Waals surface area contributed by atoms with Gasteiger partial charge in [-0.25, -0.2) is 8.78 Å². The molecule has 2 amide bonds. The fourth-order valence-corrected chi connectivity index (χ4v) is 1.28. The summed E-state index contributed by atoms with van der Waals surface area (Å²) in [5, 5.41) is 4.44. The number of carbonyl (C=O) groups is 2. The van der Waals surface area contributed by atoms with Crippen molar-refractivity contribution in [2.45, 2.75) is 0 Å². The lowest BCUT2D eigenvalue weighted by Crippen LogP contribution is -2.36. The van der Waals surface area contributed by atoms with E-state index in [0.717, 1.165) is 19.2 Å². The summed E-state index contributed by atoms with van der Waals surface area (Å²) in [6.07, 6.45) is 0. The first kappa shape index (κ1) is 14.8. The molecule has 19 heavy (non-hydrogen) atoms. The van der Waals surface area contributed by atoms with E-state index < -0.39 is 29.2 Å². The molecule has 6 nitrogen and oxygen atoms in total. The molecule has 1 rings (SSSR count). The lowest BCUT2D eigenvalue weighted by Gasteiger charge is -2.09. The van der Waals surface area contributed by atoms with Crippen LogP contribution in [0.5, 0.6) is 5.75 Å². The van der Waals surface area contributed by atoms with E-state index in [0.29, 0.717) is 0 Å². The molecule has 0 unspecified atom stereocenters. The fraction of sp³-hybridized carbons (Fsp3) is 0.273. The number of rotatable bonds is 5. The lowest BCUT2D eigenvalue weighted by atomic mass is 10.2. The van der Waals surface area contributed by atoms with Crippen molar-refractivity contribution in [3.8, 4) is 5.75 Å². The van der Waals surface area contributed by atoms with Gasteiger partial charge in [-0.2, -0.15) is 0 Å². The molecular weight excluding hydrogens is 260 g/mol. The van der Waals surface area contributed by atoms with Crippen molar-refractivity contribution in [3.63, 3.8) is 0 Å². The monoisotopic (exact) mass is 273 g/mol. The van der Waals surface area contributed by atoms with Crippen LogP contribution in [0.3, 0.4) is 0 Å². The minimum absolute atomic E-state index is 0.0807. The van der Waals surface area contributed by atoms with Crippen LogP contribution in [0, 0.1) is 11.6 Å². The molecule has 4 N–H and O–H groups in total. The molecule has 0 saturated heterocycles. The Morgan fingerprint density at radius 3 is 2.32 bits per heavy atom. The molecule has 0 spiro atoms. The second-order valence-electron chi connectivity index (χ2n) is 3.50. The lowest BCUT2D eigenvalue weighted by molar-refractivity contribution is -0.123. The summed E-state index contributed by atoms with van der Waals surface area (Å²) in [6.45, 7) is -0.593. The van der Waals surface area contributed by atoms with Crippen LogP contribution in [-0.2, 0) is 9.59 Å². The second kappa shape index (κ2) is 6.64. The third-order valence-corrected chi connectivity index (χ3v) is 2.12. The standard InChI is InChI=1S/C11H13F2N3O3/c1-19-11-7(12)2-6(3-8(11)13)16-10(18)5-15-9(17)4-14/h2-3H,4-5,14H2,1H3,(H,15,17)(H,16,18). The Kier molecular flexibility index (Phi) is 5.19. The third-order valence-electron chi connectivity index (χ3n) is 2.12. The van der Waals surface area contributed by atoms with Crippen molar-refractivity contribution in [3.05, 3.63) is 23.8 Å². The summed E-state index contributed by atoms with van der Waals surface area (Å²) >= 11 is 0. The van der Waals surface area contributed by atoms with Crippen molar-refractivity contribution in [1.82, 2.24) is 5.32 Å². The van der Waals surface area contributed by atoms with E-state index in [9.17, 15) is 18.4 Å². The van der Waals surface area contributed by atoms with Gasteiger partial charge in [0, 0.05) is 17.8 Å². The van der Waals surface area contributed by atoms with Crippen LogP contribution in [-0.4, -0.2) is 32.0 Å². The normalized spacial score (nSPS) is 9.89. The zero-order valence-corrected chi connectivity index (χ0v) is 10.1. The van der Waals surface area contributed by atoms with Gasteiger partial charge in [0.15, 0.2) is 17.4 Å². The van der Waals surface area contributed by atoms with E-state index in [4.69, 9.17) is 5.73 Å². The molecule has 104 valence electrons. The number of nitrogens with one attached hydrogen (secondary N) is 2. The Morgan fingerprint density at radius 2 is 1.84 bits per heavy atom. The molecule has 0 atom stereocenters. The molecule has 0 saturated carbocycles. The van der Waals surface area contributed by atoms with Crippen molar-refractivity contribution < 1.29 is 23.1 Å². The van der Waals surface area contributed by atoms with Gasteiger partial charge in [-0.3, -0.25) is 9.59 Å². The van der Waals surface area contributed by atoms with Gasteiger partial charge in [0.05, 0.1) is 20.2 Å². The zero-order chi connectivity index (χ0) is 14.4. The summed E-state index contributed by atoms with van der Waals surface area (Å²) in [5.41, 5.74) is 4.94. The van der Waals surface area contributed by atoms with Crippen LogP contribution in [0.15, 0.2) is 12.1 Å². The molecule has 0 bridgehead atoms. The molecule has 0 aliphatic carbocycles. The van der Waals surface area contributed by atoms with E-state index in [1.54, 1.807) is 0 Å². The SMILES string of the molecule is COc1c(F)cc(NC(=O)CNC(=O)CN)cc1F. The number of methoxy groups -OCH3 is 1. The maximum Gasteiger partial charge on any atom is 0.243 e. The van der Waals surface area contributed by atoms with Gasteiger partial charge < -0.3 is 21.1 Å². The first-order chi connectivity index (χ1) is 8.97. The highest BCUT2D eigenvalue weighted by molar-refractivity contribution is 5.94. The maximum atomic E-state index is 13.3. The minimum Gasteiger partial charge on any atom is -0.491 e. The van der Waals surface area contributed by atoms with E-state index in [2.05, 4.69) is 15.4 Å². The molecule has 8 heteroatoms. The summed E-state index contributed by atoms with van der Waals surface area (Å²) in [5.74, 6) is -3.56. The molecule has 1 aromatic rings. The molecular formula is C11H13F2N3O3. The highest BCUT2D eigenvalue weighted by Crippen LogP contribution is 2.25. The van der Waals surface area contributed by atoms with Crippen molar-refractivity contribution in [2.24, 2.45) is 5.73 Å². The van der Waals surface area contributed by atoms with Gasteiger partial charge in [0.25, 0.3) is 0 Å². The first-order valence-corrected chi connectivity index (χ1v) is 5.27. The van der Waals surface area contributed by atoms with E-state index in [1.807, 2.05) is 0 Å². The Morgan fingerprint density at radius 1 is 1.26 bits per heavy atom. The summed E-state index contributed by atoms with van der Waals surface area (Å²) in [4.78, 5) is 22.2. The Hall–Kier alpha value is -2.22. The quantitative estimate of drug-likeness (QED) is 0.703. The van der Waals surface area contributed by atoms with E-state index >= 15 is 0 Å². The summed E-state index contributed by atoms with van der Waals surface area (Å²) in [7, 11) is 1.13. The largest absolute Gasteiger partial charge is 0.491 e. The van der Waals surface area contributed by atoms with E-state index in [-0.39, 0.29) is 18.8 Å². The molecule has 0 aromatic heterocycles. The molecule has 1 aromatic carbocycles. The second-order valence-corrected chi connectivity index (χ2v) is 3.50. The van der Waals surface area contributed by atoms with E-state index in [1.165, 1.54) is 0 Å². The third kappa shape index (κ3) is 4.18. The van der Waals surface area contributed by atoms with Crippen LogP contribution in [0.4, 0.5) is 14.5 Å². The molecule has 0 aliphatic rings. The summed E-state index contributed by atoms with van der Waals surface area (Å²) < 4.78 is 31.2. The number of amides is 2. The molecule has 0 aliphatic heterocycles. The number of anilines is 1. The molecule has 0 heterocycles. The number of nitrogens with two attached hydrogens (primary N) is 1. The highest BCUT2D eigenvalue weighted by atomic mass is 19.1. The van der Waals surface area contributed by atoms with Gasteiger partial charge in [0.1, 0.15) is 0 Å². The van der Waals surface area contributed by atoms with Gasteiger partial charge >= 0.3 is 0 Å². The number of hydrogen-bond donors (Lipinski definition) is 3. The van der Waals surface area contributed by atoms with Gasteiger partial charge in [-0.1, -0.05) is 0 Å². The number of hydrogen-bond acceptors (Lipinski definition) is 4. The Balaban J connectivity index is 2.67. The van der Waals surface area contributed by atoms with Crippen molar-refractivity contribution in [2.75, 3.05) is 25.5 Å². The predicted octanol–water partition coefficient (Wildman–Crippen LogP) is -0.0132. The summed E-state index contributed by atoms with van der Waals surface area (Å²) in [6, 6.07) is 1.81. The first-order valence-electron chi connectivity index (χ1n) is 5.27. The van der Waals surface area contributed by atoms with Crippen LogP contribution >= 0.6 is 0 Å². The highest BCUT2D eigenvalue weighted by Gasteiger charge is 2.13.